The Balaban J connectivity index is 1.97. The number of pyridine rings is 1. The topological polar surface area (TPSA) is 112 Å². The summed E-state index contributed by atoms with van der Waals surface area (Å²) in [5.74, 6) is -1.77. The van der Waals surface area contributed by atoms with Crippen molar-refractivity contribution in [1.82, 2.24) is 10.3 Å². The van der Waals surface area contributed by atoms with Gasteiger partial charge in [-0.25, -0.2) is 8.78 Å². The number of nitrogens with zero attached hydrogens (tertiary/aromatic N) is 1. The van der Waals surface area contributed by atoms with E-state index in [9.17, 15) is 18.4 Å². The van der Waals surface area contributed by atoms with Crippen LogP contribution in [0.25, 0.3) is 0 Å². The lowest BCUT2D eigenvalue weighted by atomic mass is 9.99. The number of benzene rings is 1. The van der Waals surface area contributed by atoms with Crippen molar-refractivity contribution >= 4 is 5.91 Å². The van der Waals surface area contributed by atoms with E-state index in [2.05, 4.69) is 10.3 Å². The van der Waals surface area contributed by atoms with Gasteiger partial charge in [-0.2, -0.15) is 5.26 Å². The van der Waals surface area contributed by atoms with Gasteiger partial charge in [-0.3, -0.25) is 9.59 Å². The second-order valence-electron chi connectivity index (χ2n) is 6.25. The highest BCUT2D eigenvalue weighted by Crippen LogP contribution is 2.17. The van der Waals surface area contributed by atoms with Gasteiger partial charge in [0.1, 0.15) is 23.3 Å². The monoisotopic (exact) mass is 374 g/mol. The van der Waals surface area contributed by atoms with Gasteiger partial charge in [0.25, 0.3) is 5.56 Å². The largest absolute Gasteiger partial charge is 0.354 e. The smallest absolute Gasteiger partial charge is 0.266 e. The summed E-state index contributed by atoms with van der Waals surface area (Å²) in [5.41, 5.74) is 7.44. The van der Waals surface area contributed by atoms with Gasteiger partial charge in [0.2, 0.25) is 5.91 Å². The fourth-order valence-corrected chi connectivity index (χ4v) is 2.88. The van der Waals surface area contributed by atoms with Crippen molar-refractivity contribution < 1.29 is 13.6 Å². The van der Waals surface area contributed by atoms with Crippen molar-refractivity contribution in [2.24, 2.45) is 5.73 Å². The summed E-state index contributed by atoms with van der Waals surface area (Å²) in [6.45, 7) is 3.37. The minimum Gasteiger partial charge on any atom is -0.354 e. The molecule has 0 radical (unpaired) electrons. The molecule has 1 aromatic carbocycles. The highest BCUT2D eigenvalue weighted by atomic mass is 19.1. The van der Waals surface area contributed by atoms with Crippen molar-refractivity contribution in [3.63, 3.8) is 0 Å². The Hall–Kier alpha value is -3.05. The number of halogens is 2. The second-order valence-corrected chi connectivity index (χ2v) is 6.25. The number of nitrogens with two attached hydrogens (primary N) is 1. The molecular formula is C19H20F2N4O2. The Morgan fingerprint density at radius 2 is 2.07 bits per heavy atom. The van der Waals surface area contributed by atoms with Crippen LogP contribution < -0.4 is 16.6 Å². The minimum absolute atomic E-state index is 0.00554. The molecule has 0 saturated heterocycles. The van der Waals surface area contributed by atoms with E-state index in [1.807, 2.05) is 6.07 Å². The molecule has 1 atom stereocenters. The first-order valence-electron chi connectivity index (χ1n) is 8.34. The second kappa shape index (κ2) is 8.56. The van der Waals surface area contributed by atoms with E-state index in [4.69, 9.17) is 11.0 Å². The summed E-state index contributed by atoms with van der Waals surface area (Å²) in [6.07, 6.45) is 0.437. The average Bonchev–Trinajstić information content (AvgIpc) is 2.59. The van der Waals surface area contributed by atoms with Crippen LogP contribution >= 0.6 is 0 Å². The molecule has 0 spiro atoms. The van der Waals surface area contributed by atoms with Gasteiger partial charge in [-0.1, -0.05) is 6.07 Å². The molecule has 6 nitrogen and oxygen atoms in total. The molecule has 142 valence electrons. The lowest BCUT2D eigenvalue weighted by Gasteiger charge is -2.15. The summed E-state index contributed by atoms with van der Waals surface area (Å²) in [4.78, 5) is 26.4. The van der Waals surface area contributed by atoms with Crippen LogP contribution in [0.5, 0.6) is 0 Å². The Labute approximate surface area is 155 Å². The molecule has 27 heavy (non-hydrogen) atoms. The molecule has 1 heterocycles. The summed E-state index contributed by atoms with van der Waals surface area (Å²) < 4.78 is 26.6. The van der Waals surface area contributed by atoms with Crippen LogP contribution in [-0.2, 0) is 11.2 Å². The predicted molar refractivity (Wildman–Crippen MR) is 95.9 cm³/mol. The van der Waals surface area contributed by atoms with E-state index < -0.39 is 23.2 Å². The maximum Gasteiger partial charge on any atom is 0.266 e. The summed E-state index contributed by atoms with van der Waals surface area (Å²) in [6, 6.07) is 4.15. The number of hydrogen-bond donors (Lipinski definition) is 3. The van der Waals surface area contributed by atoms with Gasteiger partial charge >= 0.3 is 0 Å². The number of nitrogens with one attached hydrogen (secondary N) is 2. The van der Waals surface area contributed by atoms with Gasteiger partial charge in [0.15, 0.2) is 0 Å². The Bertz CT molecular complexity index is 963. The third kappa shape index (κ3) is 4.77. The average molecular weight is 374 g/mol. The molecule has 0 bridgehead atoms. The number of amides is 1. The molecule has 1 unspecified atom stereocenters. The van der Waals surface area contributed by atoms with Gasteiger partial charge < -0.3 is 16.0 Å². The van der Waals surface area contributed by atoms with E-state index in [-0.39, 0.29) is 30.0 Å². The SMILES string of the molecule is Cc1[nH]c(=O)c(C#N)c(C)c1CCC(=O)NCC(N)c1ccc(F)cc1F. The number of carbonyl (C=O) groups excluding carboxylic acids is 1. The molecule has 8 heteroatoms. The summed E-state index contributed by atoms with van der Waals surface area (Å²) in [7, 11) is 0. The van der Waals surface area contributed by atoms with Crippen molar-refractivity contribution in [3.05, 3.63) is 68.1 Å². The molecule has 2 aromatic rings. The standard InChI is InChI=1S/C19H20F2N4O2/c1-10-13(11(2)25-19(27)15(10)8-22)5-6-18(26)24-9-17(23)14-4-3-12(20)7-16(14)21/h3-4,7,17H,5-6,9,23H2,1-2H3,(H,24,26)(H,25,27). The number of carbonyl (C=O) groups is 1. The molecule has 0 aliphatic heterocycles. The van der Waals surface area contributed by atoms with Gasteiger partial charge in [-0.15, -0.1) is 0 Å². The van der Waals surface area contributed by atoms with E-state index in [1.54, 1.807) is 13.8 Å². The molecule has 1 aromatic heterocycles. The lowest BCUT2D eigenvalue weighted by Crippen LogP contribution is -2.32. The van der Waals surface area contributed by atoms with Gasteiger partial charge in [0.05, 0.1) is 6.04 Å². The van der Waals surface area contributed by atoms with E-state index in [0.29, 0.717) is 17.7 Å². The third-order valence-corrected chi connectivity index (χ3v) is 4.40. The van der Waals surface area contributed by atoms with E-state index >= 15 is 0 Å². The number of H-pyrrole nitrogens is 1. The van der Waals surface area contributed by atoms with Crippen LogP contribution in [0.15, 0.2) is 23.0 Å². The third-order valence-electron chi connectivity index (χ3n) is 4.40. The molecule has 0 aliphatic carbocycles. The van der Waals surface area contributed by atoms with Gasteiger partial charge in [-0.05, 0) is 37.5 Å². The molecule has 1 amide bonds. The first kappa shape index (κ1) is 20.3. The fourth-order valence-electron chi connectivity index (χ4n) is 2.88. The maximum atomic E-state index is 13.7. The lowest BCUT2D eigenvalue weighted by molar-refractivity contribution is -0.121. The van der Waals surface area contributed by atoms with Crippen LogP contribution in [0.1, 0.15) is 40.4 Å². The first-order chi connectivity index (χ1) is 12.7. The molecule has 0 fully saturated rings. The summed E-state index contributed by atoms with van der Waals surface area (Å²) >= 11 is 0. The van der Waals surface area contributed by atoms with Crippen molar-refractivity contribution in [2.45, 2.75) is 32.7 Å². The molecule has 0 aliphatic rings. The molecular weight excluding hydrogens is 354 g/mol. The maximum absolute atomic E-state index is 13.7. The Morgan fingerprint density at radius 1 is 1.37 bits per heavy atom. The number of aryl methyl sites for hydroxylation is 1. The minimum atomic E-state index is -0.809. The first-order valence-corrected chi connectivity index (χ1v) is 8.34. The molecule has 2 rings (SSSR count). The number of aromatic amines is 1. The molecule has 4 N–H and O–H groups in total. The number of aromatic nitrogens is 1. The van der Waals surface area contributed by atoms with Crippen LogP contribution in [0, 0.1) is 36.8 Å². The van der Waals surface area contributed by atoms with Gasteiger partial charge in [0, 0.05) is 30.3 Å². The van der Waals surface area contributed by atoms with Crippen LogP contribution in [0.4, 0.5) is 8.78 Å². The van der Waals surface area contributed by atoms with Crippen molar-refractivity contribution in [1.29, 1.82) is 5.26 Å². The highest BCUT2D eigenvalue weighted by molar-refractivity contribution is 5.76. The van der Waals surface area contributed by atoms with Crippen LogP contribution in [-0.4, -0.2) is 17.4 Å². The predicted octanol–water partition coefficient (Wildman–Crippen LogP) is 1.89. The zero-order valence-corrected chi connectivity index (χ0v) is 15.0. The van der Waals surface area contributed by atoms with Crippen LogP contribution in [0.2, 0.25) is 0 Å². The van der Waals surface area contributed by atoms with E-state index in [0.717, 1.165) is 17.7 Å². The Morgan fingerprint density at radius 3 is 2.70 bits per heavy atom. The van der Waals surface area contributed by atoms with Crippen molar-refractivity contribution in [3.8, 4) is 6.07 Å². The number of hydrogen-bond acceptors (Lipinski definition) is 4. The zero-order chi connectivity index (χ0) is 20.1. The molecule has 0 saturated carbocycles. The number of nitriles is 1. The normalized spacial score (nSPS) is 11.7. The number of rotatable bonds is 6. The quantitative estimate of drug-likeness (QED) is 0.717. The summed E-state index contributed by atoms with van der Waals surface area (Å²) in [5, 5.41) is 11.7. The van der Waals surface area contributed by atoms with Crippen molar-refractivity contribution in [2.75, 3.05) is 6.54 Å². The zero-order valence-electron chi connectivity index (χ0n) is 15.0. The highest BCUT2D eigenvalue weighted by Gasteiger charge is 2.15. The van der Waals surface area contributed by atoms with Crippen LogP contribution in [0.3, 0.4) is 0 Å². The fraction of sp³-hybridized carbons (Fsp3) is 0.316. The van der Waals surface area contributed by atoms with E-state index in [1.165, 1.54) is 6.07 Å². The Kier molecular flexibility index (Phi) is 6.42.